The maximum atomic E-state index is 9.72. The first kappa shape index (κ1) is 13.2. The lowest BCUT2D eigenvalue weighted by Gasteiger charge is -2.34. The van der Waals surface area contributed by atoms with Gasteiger partial charge in [-0.25, -0.2) is 0 Å². The SMILES string of the molecule is OCC(c1cc(Br)c2c(c1)OCO2)N1CCNCC1. The first-order valence-corrected chi connectivity index (χ1v) is 7.23. The van der Waals surface area contributed by atoms with Crippen molar-refractivity contribution >= 4 is 15.9 Å². The molecule has 1 atom stereocenters. The van der Waals surface area contributed by atoms with Gasteiger partial charge in [0, 0.05) is 26.2 Å². The number of nitrogens with one attached hydrogen (secondary N) is 1. The van der Waals surface area contributed by atoms with Gasteiger partial charge in [0.15, 0.2) is 11.5 Å². The van der Waals surface area contributed by atoms with Gasteiger partial charge in [0.2, 0.25) is 6.79 Å². The zero-order chi connectivity index (χ0) is 13.2. The molecule has 6 heteroatoms. The molecule has 0 saturated carbocycles. The topological polar surface area (TPSA) is 54.0 Å². The Bertz CT molecular complexity index is 463. The molecular weight excluding hydrogens is 312 g/mol. The quantitative estimate of drug-likeness (QED) is 0.870. The van der Waals surface area contributed by atoms with E-state index in [1.807, 2.05) is 12.1 Å². The molecule has 1 aromatic rings. The van der Waals surface area contributed by atoms with Crippen LogP contribution in [0.2, 0.25) is 0 Å². The molecule has 104 valence electrons. The van der Waals surface area contributed by atoms with Gasteiger partial charge in [0.05, 0.1) is 17.1 Å². The second-order valence-electron chi connectivity index (χ2n) is 4.72. The lowest BCUT2D eigenvalue weighted by molar-refractivity contribution is 0.110. The van der Waals surface area contributed by atoms with Crippen molar-refractivity contribution in [3.8, 4) is 11.5 Å². The minimum Gasteiger partial charge on any atom is -0.454 e. The highest BCUT2D eigenvalue weighted by molar-refractivity contribution is 9.10. The van der Waals surface area contributed by atoms with Crippen molar-refractivity contribution in [2.45, 2.75) is 6.04 Å². The molecule has 0 radical (unpaired) electrons. The van der Waals surface area contributed by atoms with Crippen LogP contribution in [0.5, 0.6) is 11.5 Å². The molecule has 1 fully saturated rings. The molecule has 5 nitrogen and oxygen atoms in total. The number of benzene rings is 1. The molecule has 1 aromatic carbocycles. The van der Waals surface area contributed by atoms with Crippen LogP contribution in [-0.4, -0.2) is 49.6 Å². The van der Waals surface area contributed by atoms with E-state index in [1.165, 1.54) is 0 Å². The number of hydrogen-bond acceptors (Lipinski definition) is 5. The van der Waals surface area contributed by atoms with Crippen molar-refractivity contribution in [1.82, 2.24) is 10.2 Å². The Balaban J connectivity index is 1.88. The lowest BCUT2D eigenvalue weighted by atomic mass is 10.0. The van der Waals surface area contributed by atoms with E-state index in [0.29, 0.717) is 0 Å². The van der Waals surface area contributed by atoms with E-state index in [9.17, 15) is 5.11 Å². The zero-order valence-electron chi connectivity index (χ0n) is 10.6. The second kappa shape index (κ2) is 5.66. The van der Waals surface area contributed by atoms with E-state index in [2.05, 4.69) is 26.1 Å². The van der Waals surface area contributed by atoms with Crippen LogP contribution in [0, 0.1) is 0 Å². The molecule has 0 aliphatic carbocycles. The van der Waals surface area contributed by atoms with Gasteiger partial charge in [0.1, 0.15) is 0 Å². The summed E-state index contributed by atoms with van der Waals surface area (Å²) >= 11 is 3.50. The van der Waals surface area contributed by atoms with Crippen LogP contribution in [0.4, 0.5) is 0 Å². The average molecular weight is 329 g/mol. The van der Waals surface area contributed by atoms with Crippen LogP contribution in [0.15, 0.2) is 16.6 Å². The molecule has 1 saturated heterocycles. The molecule has 2 aliphatic heterocycles. The van der Waals surface area contributed by atoms with Gasteiger partial charge >= 0.3 is 0 Å². The summed E-state index contributed by atoms with van der Waals surface area (Å²) in [6.07, 6.45) is 0. The van der Waals surface area contributed by atoms with E-state index in [4.69, 9.17) is 9.47 Å². The number of fused-ring (bicyclic) bond motifs is 1. The molecule has 2 heterocycles. The van der Waals surface area contributed by atoms with Crippen LogP contribution in [0.25, 0.3) is 0 Å². The van der Waals surface area contributed by atoms with Gasteiger partial charge < -0.3 is 19.9 Å². The number of halogens is 1. The number of rotatable bonds is 3. The number of aliphatic hydroxyl groups is 1. The molecule has 0 aromatic heterocycles. The number of ether oxygens (including phenoxy) is 2. The first-order chi connectivity index (χ1) is 9.29. The number of hydrogen-bond donors (Lipinski definition) is 2. The molecule has 3 rings (SSSR count). The van der Waals surface area contributed by atoms with Crippen molar-refractivity contribution in [2.24, 2.45) is 0 Å². The molecule has 0 bridgehead atoms. The number of piperazine rings is 1. The third kappa shape index (κ3) is 2.58. The smallest absolute Gasteiger partial charge is 0.231 e. The highest BCUT2D eigenvalue weighted by atomic mass is 79.9. The lowest BCUT2D eigenvalue weighted by Crippen LogP contribution is -2.46. The maximum Gasteiger partial charge on any atom is 0.231 e. The van der Waals surface area contributed by atoms with Gasteiger partial charge in [-0.3, -0.25) is 4.90 Å². The molecule has 19 heavy (non-hydrogen) atoms. The van der Waals surface area contributed by atoms with E-state index in [1.54, 1.807) is 0 Å². The Hall–Kier alpha value is -0.820. The van der Waals surface area contributed by atoms with Gasteiger partial charge in [-0.1, -0.05) is 0 Å². The first-order valence-electron chi connectivity index (χ1n) is 6.44. The Morgan fingerprint density at radius 2 is 2.11 bits per heavy atom. The summed E-state index contributed by atoms with van der Waals surface area (Å²) in [6.45, 7) is 4.17. The molecule has 0 amide bonds. The Kier molecular flexibility index (Phi) is 3.93. The summed E-state index contributed by atoms with van der Waals surface area (Å²) < 4.78 is 11.7. The largest absolute Gasteiger partial charge is 0.454 e. The van der Waals surface area contributed by atoms with E-state index < -0.39 is 0 Å². The highest BCUT2D eigenvalue weighted by Gasteiger charge is 2.25. The minimum atomic E-state index is 0.00731. The number of nitrogens with zero attached hydrogens (tertiary/aromatic N) is 1. The van der Waals surface area contributed by atoms with E-state index in [0.717, 1.165) is 47.7 Å². The van der Waals surface area contributed by atoms with Crippen molar-refractivity contribution in [3.63, 3.8) is 0 Å². The standard InChI is InChI=1S/C13H17BrN2O3/c14-10-5-9(6-12-13(10)19-8-18-12)11(7-17)16-3-1-15-2-4-16/h5-6,11,15,17H,1-4,7-8H2. The molecule has 2 N–H and O–H groups in total. The monoisotopic (exact) mass is 328 g/mol. The van der Waals surface area contributed by atoms with Crippen molar-refractivity contribution in [2.75, 3.05) is 39.6 Å². The van der Waals surface area contributed by atoms with Crippen molar-refractivity contribution in [1.29, 1.82) is 0 Å². The van der Waals surface area contributed by atoms with Gasteiger partial charge in [-0.2, -0.15) is 0 Å². The van der Waals surface area contributed by atoms with E-state index >= 15 is 0 Å². The van der Waals surface area contributed by atoms with Crippen LogP contribution in [0.3, 0.4) is 0 Å². The van der Waals surface area contributed by atoms with Gasteiger partial charge in [-0.05, 0) is 33.6 Å². The van der Waals surface area contributed by atoms with Crippen molar-refractivity contribution in [3.05, 3.63) is 22.2 Å². The van der Waals surface area contributed by atoms with Crippen LogP contribution in [0.1, 0.15) is 11.6 Å². The zero-order valence-corrected chi connectivity index (χ0v) is 12.1. The number of aliphatic hydroxyl groups excluding tert-OH is 1. The van der Waals surface area contributed by atoms with Crippen LogP contribution >= 0.6 is 15.9 Å². The third-order valence-corrected chi connectivity index (χ3v) is 4.19. The van der Waals surface area contributed by atoms with Gasteiger partial charge in [-0.15, -0.1) is 0 Å². The Labute approximate surface area is 120 Å². The van der Waals surface area contributed by atoms with Crippen LogP contribution < -0.4 is 14.8 Å². The third-order valence-electron chi connectivity index (χ3n) is 3.60. The van der Waals surface area contributed by atoms with Crippen molar-refractivity contribution < 1.29 is 14.6 Å². The Morgan fingerprint density at radius 3 is 2.84 bits per heavy atom. The summed E-state index contributed by atoms with van der Waals surface area (Å²) in [5.41, 5.74) is 1.06. The highest BCUT2D eigenvalue weighted by Crippen LogP contribution is 2.41. The summed E-state index contributed by atoms with van der Waals surface area (Å²) in [6, 6.07) is 3.99. The summed E-state index contributed by atoms with van der Waals surface area (Å²) in [4.78, 5) is 2.29. The average Bonchev–Trinajstić information content (AvgIpc) is 2.90. The fourth-order valence-electron chi connectivity index (χ4n) is 2.61. The second-order valence-corrected chi connectivity index (χ2v) is 5.58. The summed E-state index contributed by atoms with van der Waals surface area (Å²) in [5, 5.41) is 13.0. The predicted octanol–water partition coefficient (Wildman–Crippen LogP) is 1.12. The summed E-state index contributed by atoms with van der Waals surface area (Å²) in [7, 11) is 0. The molecule has 2 aliphatic rings. The molecule has 0 spiro atoms. The minimum absolute atomic E-state index is 0.00731. The molecular formula is C13H17BrN2O3. The molecule has 1 unspecified atom stereocenters. The Morgan fingerprint density at radius 1 is 1.32 bits per heavy atom. The fraction of sp³-hybridized carbons (Fsp3) is 0.538. The maximum absolute atomic E-state index is 9.72. The van der Waals surface area contributed by atoms with Gasteiger partial charge in [0.25, 0.3) is 0 Å². The fourth-order valence-corrected chi connectivity index (χ4v) is 3.18. The predicted molar refractivity (Wildman–Crippen MR) is 74.5 cm³/mol. The van der Waals surface area contributed by atoms with Crippen LogP contribution in [-0.2, 0) is 0 Å². The van der Waals surface area contributed by atoms with E-state index in [-0.39, 0.29) is 19.4 Å². The summed E-state index contributed by atoms with van der Waals surface area (Å²) in [5.74, 6) is 1.50. The normalized spacial score (nSPS) is 20.5.